The molecule has 1 amide bonds. The van der Waals surface area contributed by atoms with Gasteiger partial charge in [0.15, 0.2) is 0 Å². The SMILES string of the molecule is CCC(C)(CN)C(=O)N1CCCC1C. The Kier molecular flexibility index (Phi) is 3.53. The quantitative estimate of drug-likeness (QED) is 0.744. The normalized spacial score (nSPS) is 26.3. The first-order valence-electron chi connectivity index (χ1n) is 5.56. The monoisotopic (exact) mass is 198 g/mol. The number of hydrogen-bond acceptors (Lipinski definition) is 2. The average molecular weight is 198 g/mol. The fraction of sp³-hybridized carbons (Fsp3) is 0.909. The molecule has 1 heterocycles. The summed E-state index contributed by atoms with van der Waals surface area (Å²) in [6.45, 7) is 7.49. The molecule has 0 radical (unpaired) electrons. The lowest BCUT2D eigenvalue weighted by molar-refractivity contribution is -0.141. The third kappa shape index (κ3) is 1.92. The van der Waals surface area contributed by atoms with Gasteiger partial charge in [0.2, 0.25) is 5.91 Å². The highest BCUT2D eigenvalue weighted by Gasteiger charge is 2.37. The van der Waals surface area contributed by atoms with E-state index < -0.39 is 0 Å². The molecule has 3 nitrogen and oxygen atoms in total. The zero-order valence-corrected chi connectivity index (χ0v) is 9.55. The fourth-order valence-corrected chi connectivity index (χ4v) is 1.96. The molecule has 2 atom stereocenters. The van der Waals surface area contributed by atoms with E-state index in [1.807, 2.05) is 18.7 Å². The molecule has 0 aromatic rings. The Labute approximate surface area is 86.6 Å². The molecule has 2 unspecified atom stereocenters. The highest BCUT2D eigenvalue weighted by Crippen LogP contribution is 2.27. The smallest absolute Gasteiger partial charge is 0.230 e. The predicted octanol–water partition coefficient (Wildman–Crippen LogP) is 1.37. The maximum atomic E-state index is 12.2. The molecular formula is C11H22N2O. The van der Waals surface area contributed by atoms with E-state index in [-0.39, 0.29) is 11.3 Å². The summed E-state index contributed by atoms with van der Waals surface area (Å²) in [5.41, 5.74) is 5.34. The Hall–Kier alpha value is -0.570. The van der Waals surface area contributed by atoms with Crippen LogP contribution in [0.4, 0.5) is 0 Å². The molecule has 0 spiro atoms. The highest BCUT2D eigenvalue weighted by molar-refractivity contribution is 5.83. The number of nitrogens with zero attached hydrogens (tertiary/aromatic N) is 1. The lowest BCUT2D eigenvalue weighted by Crippen LogP contribution is -2.47. The third-order valence-corrected chi connectivity index (χ3v) is 3.56. The zero-order valence-electron chi connectivity index (χ0n) is 9.55. The molecule has 14 heavy (non-hydrogen) atoms. The number of amides is 1. The van der Waals surface area contributed by atoms with Gasteiger partial charge >= 0.3 is 0 Å². The molecule has 1 saturated heterocycles. The van der Waals surface area contributed by atoms with E-state index in [9.17, 15) is 4.79 Å². The molecule has 2 N–H and O–H groups in total. The van der Waals surface area contributed by atoms with Crippen molar-refractivity contribution in [3.05, 3.63) is 0 Å². The van der Waals surface area contributed by atoms with Crippen LogP contribution in [0.2, 0.25) is 0 Å². The summed E-state index contributed by atoms with van der Waals surface area (Å²) in [6, 6.07) is 0.403. The van der Waals surface area contributed by atoms with Gasteiger partial charge < -0.3 is 10.6 Å². The van der Waals surface area contributed by atoms with Crippen LogP contribution >= 0.6 is 0 Å². The lowest BCUT2D eigenvalue weighted by Gasteiger charge is -2.33. The third-order valence-electron chi connectivity index (χ3n) is 3.56. The van der Waals surface area contributed by atoms with Crippen molar-refractivity contribution in [1.82, 2.24) is 4.90 Å². The molecule has 82 valence electrons. The van der Waals surface area contributed by atoms with Gasteiger partial charge in [0, 0.05) is 19.1 Å². The minimum Gasteiger partial charge on any atom is -0.339 e. The van der Waals surface area contributed by atoms with Crippen molar-refractivity contribution in [2.24, 2.45) is 11.1 Å². The lowest BCUT2D eigenvalue weighted by atomic mass is 9.86. The molecular weight excluding hydrogens is 176 g/mol. The number of carbonyl (C=O) groups is 1. The van der Waals surface area contributed by atoms with Gasteiger partial charge in [-0.1, -0.05) is 6.92 Å². The summed E-state index contributed by atoms with van der Waals surface area (Å²) in [6.07, 6.45) is 3.10. The van der Waals surface area contributed by atoms with Crippen molar-refractivity contribution in [1.29, 1.82) is 0 Å². The van der Waals surface area contributed by atoms with Crippen molar-refractivity contribution in [2.75, 3.05) is 13.1 Å². The van der Waals surface area contributed by atoms with Crippen LogP contribution in [0.5, 0.6) is 0 Å². The minimum absolute atomic E-state index is 0.243. The van der Waals surface area contributed by atoms with Crippen LogP contribution in [-0.2, 0) is 4.79 Å². The molecule has 0 aliphatic carbocycles. The highest BCUT2D eigenvalue weighted by atomic mass is 16.2. The molecule has 1 rings (SSSR count). The van der Waals surface area contributed by atoms with Crippen molar-refractivity contribution in [3.63, 3.8) is 0 Å². The average Bonchev–Trinajstić information content (AvgIpc) is 2.62. The second kappa shape index (κ2) is 4.30. The first kappa shape index (κ1) is 11.5. The van der Waals surface area contributed by atoms with Crippen molar-refractivity contribution in [2.45, 2.75) is 46.1 Å². The van der Waals surface area contributed by atoms with Gasteiger partial charge in [0.25, 0.3) is 0 Å². The van der Waals surface area contributed by atoms with Gasteiger partial charge in [0.05, 0.1) is 5.41 Å². The maximum Gasteiger partial charge on any atom is 0.230 e. The second-order valence-electron chi connectivity index (χ2n) is 4.61. The largest absolute Gasteiger partial charge is 0.339 e. The minimum atomic E-state index is -0.349. The maximum absolute atomic E-state index is 12.2. The van der Waals surface area contributed by atoms with E-state index in [4.69, 9.17) is 5.73 Å². The molecule has 1 aliphatic heterocycles. The number of nitrogens with two attached hydrogens (primary N) is 1. The zero-order chi connectivity index (χ0) is 10.8. The molecule has 1 fully saturated rings. The number of rotatable bonds is 3. The van der Waals surface area contributed by atoms with E-state index in [2.05, 4.69) is 6.92 Å². The summed E-state index contributed by atoms with van der Waals surface area (Å²) >= 11 is 0. The Bertz CT molecular complexity index is 211. The summed E-state index contributed by atoms with van der Waals surface area (Å²) in [4.78, 5) is 14.2. The Morgan fingerprint density at radius 3 is 2.64 bits per heavy atom. The van der Waals surface area contributed by atoms with E-state index in [1.165, 1.54) is 0 Å². The van der Waals surface area contributed by atoms with Gasteiger partial charge in [-0.3, -0.25) is 4.79 Å². The summed E-state index contributed by atoms with van der Waals surface area (Å²) in [5.74, 6) is 0.243. The van der Waals surface area contributed by atoms with Crippen LogP contribution < -0.4 is 5.73 Å². The standard InChI is InChI=1S/C11H22N2O/c1-4-11(3,8-12)10(14)13-7-5-6-9(13)2/h9H,4-8,12H2,1-3H3. The van der Waals surface area contributed by atoms with Crippen LogP contribution in [0.3, 0.4) is 0 Å². The molecule has 0 aromatic carbocycles. The van der Waals surface area contributed by atoms with Crippen LogP contribution in [0.25, 0.3) is 0 Å². The van der Waals surface area contributed by atoms with Crippen molar-refractivity contribution in [3.8, 4) is 0 Å². The molecule has 3 heteroatoms. The van der Waals surface area contributed by atoms with E-state index in [0.717, 1.165) is 25.8 Å². The van der Waals surface area contributed by atoms with Crippen LogP contribution in [-0.4, -0.2) is 29.9 Å². The van der Waals surface area contributed by atoms with E-state index in [1.54, 1.807) is 0 Å². The van der Waals surface area contributed by atoms with Crippen molar-refractivity contribution >= 4 is 5.91 Å². The van der Waals surface area contributed by atoms with Crippen LogP contribution in [0.1, 0.15) is 40.0 Å². The second-order valence-corrected chi connectivity index (χ2v) is 4.61. The van der Waals surface area contributed by atoms with Crippen LogP contribution in [0, 0.1) is 5.41 Å². The molecule has 0 bridgehead atoms. The summed E-state index contributed by atoms with van der Waals surface area (Å²) in [5, 5.41) is 0. The van der Waals surface area contributed by atoms with E-state index >= 15 is 0 Å². The molecule has 0 saturated carbocycles. The van der Waals surface area contributed by atoms with Gasteiger partial charge in [-0.05, 0) is 33.1 Å². The first-order chi connectivity index (χ1) is 6.55. The van der Waals surface area contributed by atoms with Crippen molar-refractivity contribution < 1.29 is 4.79 Å². The summed E-state index contributed by atoms with van der Waals surface area (Å²) in [7, 11) is 0. The number of carbonyl (C=O) groups excluding carboxylic acids is 1. The predicted molar refractivity (Wildman–Crippen MR) is 57.9 cm³/mol. The molecule has 1 aliphatic rings. The van der Waals surface area contributed by atoms with Gasteiger partial charge in [0.1, 0.15) is 0 Å². The Morgan fingerprint density at radius 2 is 2.29 bits per heavy atom. The fourth-order valence-electron chi connectivity index (χ4n) is 1.96. The molecule has 0 aromatic heterocycles. The van der Waals surface area contributed by atoms with Gasteiger partial charge in [-0.15, -0.1) is 0 Å². The number of hydrogen-bond donors (Lipinski definition) is 1. The first-order valence-corrected chi connectivity index (χ1v) is 5.56. The Balaban J connectivity index is 2.72. The Morgan fingerprint density at radius 1 is 1.64 bits per heavy atom. The van der Waals surface area contributed by atoms with E-state index in [0.29, 0.717) is 12.6 Å². The summed E-state index contributed by atoms with van der Waals surface area (Å²) < 4.78 is 0. The van der Waals surface area contributed by atoms with Gasteiger partial charge in [-0.25, -0.2) is 0 Å². The van der Waals surface area contributed by atoms with Crippen LogP contribution in [0.15, 0.2) is 0 Å². The van der Waals surface area contributed by atoms with Gasteiger partial charge in [-0.2, -0.15) is 0 Å². The topological polar surface area (TPSA) is 46.3 Å². The number of likely N-dealkylation sites (tertiary alicyclic amines) is 1.